The Labute approximate surface area is 113 Å². The fourth-order valence-electron chi connectivity index (χ4n) is 1.55. The fraction of sp³-hybridized carbons (Fsp3) is 0.154. The van der Waals surface area contributed by atoms with Crippen molar-refractivity contribution in [2.45, 2.75) is 13.5 Å². The standard InChI is InChI=1S/C13H12BrFN2O/c1-8-5-10(7-17-13(8)14)16-6-9-3-2-4-11(15)12(9)18/h2-5,7,16,18H,6H2,1H3. The van der Waals surface area contributed by atoms with Gasteiger partial charge in [0.15, 0.2) is 11.6 Å². The highest BCUT2D eigenvalue weighted by Gasteiger charge is 2.06. The number of pyridine rings is 1. The van der Waals surface area contributed by atoms with Crippen molar-refractivity contribution in [3.05, 3.63) is 52.0 Å². The highest BCUT2D eigenvalue weighted by atomic mass is 79.9. The van der Waals surface area contributed by atoms with Crippen molar-refractivity contribution in [1.82, 2.24) is 4.98 Å². The molecule has 0 aliphatic carbocycles. The van der Waals surface area contributed by atoms with Crippen LogP contribution < -0.4 is 5.32 Å². The number of aryl methyl sites for hydroxylation is 1. The van der Waals surface area contributed by atoms with Gasteiger partial charge in [-0.25, -0.2) is 9.37 Å². The molecule has 0 amide bonds. The van der Waals surface area contributed by atoms with Gasteiger partial charge in [-0.1, -0.05) is 12.1 Å². The van der Waals surface area contributed by atoms with Crippen LogP contribution in [0.5, 0.6) is 5.75 Å². The highest BCUT2D eigenvalue weighted by molar-refractivity contribution is 9.10. The summed E-state index contributed by atoms with van der Waals surface area (Å²) in [5.74, 6) is -0.925. The van der Waals surface area contributed by atoms with Crippen LogP contribution in [0.1, 0.15) is 11.1 Å². The summed E-state index contributed by atoms with van der Waals surface area (Å²) in [6.07, 6.45) is 1.67. The lowest BCUT2D eigenvalue weighted by Gasteiger charge is -2.09. The molecule has 1 heterocycles. The summed E-state index contributed by atoms with van der Waals surface area (Å²) in [6.45, 7) is 2.27. The summed E-state index contributed by atoms with van der Waals surface area (Å²) in [7, 11) is 0. The van der Waals surface area contributed by atoms with Crippen molar-refractivity contribution in [1.29, 1.82) is 0 Å². The third-order valence-electron chi connectivity index (χ3n) is 2.57. The quantitative estimate of drug-likeness (QED) is 0.851. The Morgan fingerprint density at radius 2 is 2.22 bits per heavy atom. The molecular formula is C13H12BrFN2O. The molecule has 0 fully saturated rings. The molecule has 2 rings (SSSR count). The number of phenols is 1. The molecular weight excluding hydrogens is 299 g/mol. The first-order valence-electron chi connectivity index (χ1n) is 5.40. The van der Waals surface area contributed by atoms with Crippen LogP contribution in [0.25, 0.3) is 0 Å². The lowest BCUT2D eigenvalue weighted by molar-refractivity contribution is 0.427. The van der Waals surface area contributed by atoms with E-state index in [0.717, 1.165) is 15.9 Å². The van der Waals surface area contributed by atoms with Gasteiger partial charge in [0, 0.05) is 12.1 Å². The molecule has 0 saturated heterocycles. The van der Waals surface area contributed by atoms with Crippen molar-refractivity contribution in [2.24, 2.45) is 0 Å². The van der Waals surface area contributed by atoms with Crippen LogP contribution in [0, 0.1) is 12.7 Å². The molecule has 0 saturated carbocycles. The first-order chi connectivity index (χ1) is 8.58. The smallest absolute Gasteiger partial charge is 0.165 e. The maximum absolute atomic E-state index is 13.1. The summed E-state index contributed by atoms with van der Waals surface area (Å²) in [5, 5.41) is 12.6. The van der Waals surface area contributed by atoms with Crippen LogP contribution in [-0.2, 0) is 6.54 Å². The van der Waals surface area contributed by atoms with E-state index in [0.29, 0.717) is 12.1 Å². The number of benzene rings is 1. The van der Waals surface area contributed by atoms with E-state index in [1.165, 1.54) is 6.07 Å². The van der Waals surface area contributed by atoms with E-state index >= 15 is 0 Å². The zero-order chi connectivity index (χ0) is 13.1. The Bertz CT molecular complexity index is 575. The first kappa shape index (κ1) is 12.8. The second-order valence-electron chi connectivity index (χ2n) is 3.93. The van der Waals surface area contributed by atoms with Gasteiger partial charge < -0.3 is 10.4 Å². The van der Waals surface area contributed by atoms with E-state index < -0.39 is 5.82 Å². The third kappa shape index (κ3) is 2.79. The number of nitrogens with zero attached hydrogens (tertiary/aromatic N) is 1. The van der Waals surface area contributed by atoms with Gasteiger partial charge in [-0.15, -0.1) is 0 Å². The average Bonchev–Trinajstić information content (AvgIpc) is 2.35. The number of hydrogen-bond donors (Lipinski definition) is 2. The number of aromatic hydroxyl groups is 1. The van der Waals surface area contributed by atoms with E-state index in [-0.39, 0.29) is 5.75 Å². The van der Waals surface area contributed by atoms with Gasteiger partial charge in [-0.05, 0) is 40.5 Å². The molecule has 0 aliphatic rings. The van der Waals surface area contributed by atoms with Crippen molar-refractivity contribution in [3.63, 3.8) is 0 Å². The van der Waals surface area contributed by atoms with Gasteiger partial charge in [0.05, 0.1) is 11.9 Å². The van der Waals surface area contributed by atoms with E-state index in [1.807, 2.05) is 13.0 Å². The average molecular weight is 311 g/mol. The number of para-hydroxylation sites is 1. The first-order valence-corrected chi connectivity index (χ1v) is 6.19. The van der Waals surface area contributed by atoms with Crippen LogP contribution in [0.2, 0.25) is 0 Å². The number of halogens is 2. The van der Waals surface area contributed by atoms with Crippen LogP contribution in [0.4, 0.5) is 10.1 Å². The molecule has 0 atom stereocenters. The number of rotatable bonds is 3. The van der Waals surface area contributed by atoms with Gasteiger partial charge in [0.2, 0.25) is 0 Å². The van der Waals surface area contributed by atoms with Gasteiger partial charge in [0.1, 0.15) is 4.60 Å². The van der Waals surface area contributed by atoms with Crippen molar-refractivity contribution in [3.8, 4) is 5.75 Å². The number of phenolic OH excluding ortho intramolecular Hbond substituents is 1. The summed E-state index contributed by atoms with van der Waals surface area (Å²) in [6, 6.07) is 6.39. The Morgan fingerprint density at radius 1 is 1.44 bits per heavy atom. The van der Waals surface area contributed by atoms with Crippen LogP contribution in [0.3, 0.4) is 0 Å². The summed E-state index contributed by atoms with van der Waals surface area (Å²) >= 11 is 3.32. The van der Waals surface area contributed by atoms with Crippen LogP contribution in [0.15, 0.2) is 35.1 Å². The van der Waals surface area contributed by atoms with E-state index in [1.54, 1.807) is 18.3 Å². The normalized spacial score (nSPS) is 10.4. The molecule has 1 aromatic heterocycles. The van der Waals surface area contributed by atoms with Gasteiger partial charge in [0.25, 0.3) is 0 Å². The Balaban J connectivity index is 2.11. The summed E-state index contributed by atoms with van der Waals surface area (Å²) in [5.41, 5.74) is 2.33. The molecule has 0 unspecified atom stereocenters. The minimum atomic E-state index is -0.612. The molecule has 1 aromatic carbocycles. The summed E-state index contributed by atoms with van der Waals surface area (Å²) in [4.78, 5) is 4.15. The molecule has 2 N–H and O–H groups in total. The number of nitrogens with one attached hydrogen (secondary N) is 1. The molecule has 94 valence electrons. The highest BCUT2D eigenvalue weighted by Crippen LogP contribution is 2.22. The van der Waals surface area contributed by atoms with Crippen molar-refractivity contribution >= 4 is 21.6 Å². The lowest BCUT2D eigenvalue weighted by atomic mass is 10.2. The molecule has 3 nitrogen and oxygen atoms in total. The van der Waals surface area contributed by atoms with Crippen molar-refractivity contribution < 1.29 is 9.50 Å². The molecule has 0 bridgehead atoms. The van der Waals surface area contributed by atoms with Gasteiger partial charge >= 0.3 is 0 Å². The fourth-order valence-corrected chi connectivity index (χ4v) is 1.77. The topological polar surface area (TPSA) is 45.1 Å². The molecule has 0 radical (unpaired) electrons. The maximum atomic E-state index is 13.1. The summed E-state index contributed by atoms with van der Waals surface area (Å²) < 4.78 is 13.9. The zero-order valence-electron chi connectivity index (χ0n) is 9.74. The number of anilines is 1. The van der Waals surface area contributed by atoms with E-state index in [2.05, 4.69) is 26.2 Å². The molecule has 2 aromatic rings. The molecule has 18 heavy (non-hydrogen) atoms. The van der Waals surface area contributed by atoms with Crippen molar-refractivity contribution in [2.75, 3.05) is 5.32 Å². The Kier molecular flexibility index (Phi) is 3.81. The van der Waals surface area contributed by atoms with Gasteiger partial charge in [-0.3, -0.25) is 0 Å². The van der Waals surface area contributed by atoms with Crippen LogP contribution in [-0.4, -0.2) is 10.1 Å². The Morgan fingerprint density at radius 3 is 2.94 bits per heavy atom. The second-order valence-corrected chi connectivity index (χ2v) is 4.68. The Hall–Kier alpha value is -1.62. The maximum Gasteiger partial charge on any atom is 0.165 e. The predicted octanol–water partition coefficient (Wildman–Crippen LogP) is 3.61. The van der Waals surface area contributed by atoms with Gasteiger partial charge in [-0.2, -0.15) is 0 Å². The molecule has 5 heteroatoms. The number of hydrogen-bond acceptors (Lipinski definition) is 3. The third-order valence-corrected chi connectivity index (χ3v) is 3.40. The predicted molar refractivity (Wildman–Crippen MR) is 72.1 cm³/mol. The monoisotopic (exact) mass is 310 g/mol. The minimum Gasteiger partial charge on any atom is -0.505 e. The number of aromatic nitrogens is 1. The van der Waals surface area contributed by atoms with E-state index in [9.17, 15) is 9.50 Å². The largest absolute Gasteiger partial charge is 0.505 e. The second kappa shape index (κ2) is 5.35. The SMILES string of the molecule is Cc1cc(NCc2cccc(F)c2O)cnc1Br. The molecule has 0 spiro atoms. The van der Waals surface area contributed by atoms with Crippen LogP contribution >= 0.6 is 15.9 Å². The van der Waals surface area contributed by atoms with E-state index in [4.69, 9.17) is 0 Å². The lowest BCUT2D eigenvalue weighted by Crippen LogP contribution is -2.01. The zero-order valence-corrected chi connectivity index (χ0v) is 11.3. The minimum absolute atomic E-state index is 0.313. The molecule has 0 aliphatic heterocycles.